The molecule has 1 aliphatic heterocycles. The molecule has 0 aliphatic carbocycles. The maximum atomic E-state index is 13.0. The van der Waals surface area contributed by atoms with Crippen LogP contribution in [0, 0.1) is 12.8 Å². The van der Waals surface area contributed by atoms with Crippen LogP contribution in [0.5, 0.6) is 5.88 Å². The van der Waals surface area contributed by atoms with Gasteiger partial charge in [0.2, 0.25) is 11.7 Å². The van der Waals surface area contributed by atoms with Crippen molar-refractivity contribution in [3.63, 3.8) is 0 Å². The van der Waals surface area contributed by atoms with Gasteiger partial charge in [0.1, 0.15) is 10.4 Å². The van der Waals surface area contributed by atoms with Gasteiger partial charge in [0.15, 0.2) is 0 Å². The van der Waals surface area contributed by atoms with Crippen LogP contribution >= 0.6 is 11.3 Å². The number of fused-ring (bicyclic) bond motifs is 1. The Balaban J connectivity index is 1.44. The molecule has 1 aliphatic rings. The molecule has 33 heavy (non-hydrogen) atoms. The minimum absolute atomic E-state index is 0.0266. The Hall–Kier alpha value is -2.87. The zero-order chi connectivity index (χ0) is 23.8. The molecule has 1 amide bonds. The van der Waals surface area contributed by atoms with E-state index in [0.29, 0.717) is 35.3 Å². The lowest BCUT2D eigenvalue weighted by Gasteiger charge is -2.33. The third kappa shape index (κ3) is 5.21. The number of ether oxygens (including phenoxy) is 2. The third-order valence-corrected chi connectivity index (χ3v) is 7.09. The van der Waals surface area contributed by atoms with Crippen molar-refractivity contribution >= 4 is 33.4 Å². The van der Waals surface area contributed by atoms with Crippen LogP contribution in [-0.2, 0) is 11.3 Å². The van der Waals surface area contributed by atoms with Gasteiger partial charge in [0.25, 0.3) is 0 Å². The maximum Gasteiger partial charge on any atom is 0.410 e. The van der Waals surface area contributed by atoms with E-state index in [4.69, 9.17) is 9.47 Å². The van der Waals surface area contributed by atoms with E-state index in [9.17, 15) is 9.59 Å². The molecular weight excluding hydrogens is 438 g/mol. The normalized spacial score (nSPS) is 15.1. The number of thiophene rings is 1. The molecule has 0 spiro atoms. The zero-order valence-electron chi connectivity index (χ0n) is 19.9. The number of hydrogen-bond acceptors (Lipinski definition) is 6. The second-order valence-corrected chi connectivity index (χ2v) is 10.6. The lowest BCUT2D eigenvalue weighted by Crippen LogP contribution is -2.42. The van der Waals surface area contributed by atoms with Gasteiger partial charge in [-0.15, -0.1) is 11.3 Å². The van der Waals surface area contributed by atoms with Gasteiger partial charge in [-0.05, 0) is 64.7 Å². The minimum Gasteiger partial charge on any atom is -0.481 e. The largest absolute Gasteiger partial charge is 0.481 e. The number of aromatic nitrogens is 2. The smallest absolute Gasteiger partial charge is 0.410 e. The molecule has 7 nitrogen and oxygen atoms in total. The molecule has 0 saturated carbocycles. The van der Waals surface area contributed by atoms with Crippen LogP contribution in [0.2, 0.25) is 0 Å². The quantitative estimate of drug-likeness (QED) is 0.475. The van der Waals surface area contributed by atoms with Crippen LogP contribution in [0.15, 0.2) is 30.5 Å². The van der Waals surface area contributed by atoms with Crippen molar-refractivity contribution in [2.24, 2.45) is 5.92 Å². The molecule has 8 heteroatoms. The van der Waals surface area contributed by atoms with E-state index < -0.39 is 5.60 Å². The van der Waals surface area contributed by atoms with Crippen molar-refractivity contribution in [1.29, 1.82) is 0 Å². The molecule has 0 unspecified atom stereocenters. The monoisotopic (exact) mass is 469 g/mol. The lowest BCUT2D eigenvalue weighted by molar-refractivity contribution is 0.0178. The molecule has 4 rings (SSSR count). The highest BCUT2D eigenvalue weighted by Crippen LogP contribution is 2.32. The summed E-state index contributed by atoms with van der Waals surface area (Å²) in [6, 6.07) is 7.57. The van der Waals surface area contributed by atoms with Gasteiger partial charge in [-0.3, -0.25) is 4.79 Å². The number of pyridine rings is 1. The average molecular weight is 470 g/mol. The molecule has 0 N–H and O–H groups in total. The Morgan fingerprint density at radius 1 is 1.18 bits per heavy atom. The zero-order valence-corrected chi connectivity index (χ0v) is 20.7. The number of aryl methyl sites for hydroxylation is 1. The molecule has 0 bridgehead atoms. The van der Waals surface area contributed by atoms with Gasteiger partial charge in [-0.25, -0.2) is 9.78 Å². The number of likely N-dealkylation sites (tertiary alicyclic amines) is 1. The van der Waals surface area contributed by atoms with E-state index >= 15 is 0 Å². The average Bonchev–Trinajstić information content (AvgIpc) is 3.31. The van der Waals surface area contributed by atoms with Gasteiger partial charge in [-0.2, -0.15) is 0 Å². The first-order valence-electron chi connectivity index (χ1n) is 11.3. The summed E-state index contributed by atoms with van der Waals surface area (Å²) in [6.45, 7) is 10.1. The molecule has 0 atom stereocenters. The predicted molar refractivity (Wildman–Crippen MR) is 129 cm³/mol. The Morgan fingerprint density at radius 2 is 1.91 bits per heavy atom. The fourth-order valence-electron chi connectivity index (χ4n) is 4.17. The van der Waals surface area contributed by atoms with Crippen LogP contribution in [0.25, 0.3) is 10.2 Å². The standard InChI is InChI=1S/C25H31N3O4S/c1-16-12-19-13-20(22(29)18-6-7-21(31-5)26-14-18)33-23(19)28(16)15-17-8-10-27(11-9-17)24(30)32-25(2,3)4/h6-7,12-14,17H,8-11,15H2,1-5H3. The molecule has 1 saturated heterocycles. The van der Waals surface area contributed by atoms with Crippen molar-refractivity contribution in [2.45, 2.75) is 52.7 Å². The minimum atomic E-state index is -0.474. The summed E-state index contributed by atoms with van der Waals surface area (Å²) < 4.78 is 12.9. The SMILES string of the molecule is COc1ccc(C(=O)c2cc3cc(C)n(CC4CCN(C(=O)OC(C)(C)C)CC4)c3s2)cn1. The Bertz CT molecular complexity index is 1150. The second kappa shape index (κ2) is 9.17. The highest BCUT2D eigenvalue weighted by molar-refractivity contribution is 7.20. The number of methoxy groups -OCH3 is 1. The fraction of sp³-hybridized carbons (Fsp3) is 0.480. The Morgan fingerprint density at radius 3 is 2.52 bits per heavy atom. The lowest BCUT2D eigenvalue weighted by atomic mass is 9.97. The Kier molecular flexibility index (Phi) is 6.47. The number of carbonyl (C=O) groups is 2. The highest BCUT2D eigenvalue weighted by Gasteiger charge is 2.27. The summed E-state index contributed by atoms with van der Waals surface area (Å²) >= 11 is 1.53. The van der Waals surface area contributed by atoms with Crippen LogP contribution in [0.4, 0.5) is 4.79 Å². The summed E-state index contributed by atoms with van der Waals surface area (Å²) in [6.07, 6.45) is 3.21. The van der Waals surface area contributed by atoms with E-state index in [1.165, 1.54) is 17.0 Å². The molecule has 0 aromatic carbocycles. The molecule has 176 valence electrons. The molecule has 3 aromatic rings. The predicted octanol–water partition coefficient (Wildman–Crippen LogP) is 5.29. The van der Waals surface area contributed by atoms with Crippen molar-refractivity contribution in [2.75, 3.05) is 20.2 Å². The Labute approximate surface area is 198 Å². The molecule has 3 aromatic heterocycles. The van der Waals surface area contributed by atoms with Crippen molar-refractivity contribution in [1.82, 2.24) is 14.5 Å². The second-order valence-electron chi connectivity index (χ2n) is 9.60. The van der Waals surface area contributed by atoms with Gasteiger partial charge >= 0.3 is 6.09 Å². The van der Waals surface area contributed by atoms with Crippen LogP contribution in [0.3, 0.4) is 0 Å². The van der Waals surface area contributed by atoms with Gasteiger partial charge in [0.05, 0.1) is 12.0 Å². The summed E-state index contributed by atoms with van der Waals surface area (Å²) in [5, 5.41) is 1.09. The first-order chi connectivity index (χ1) is 15.6. The maximum absolute atomic E-state index is 13.0. The van der Waals surface area contributed by atoms with Gasteiger partial charge < -0.3 is 18.9 Å². The highest BCUT2D eigenvalue weighted by atomic mass is 32.1. The fourth-order valence-corrected chi connectivity index (χ4v) is 5.34. The number of nitrogens with zero attached hydrogens (tertiary/aromatic N) is 3. The number of amides is 1. The third-order valence-electron chi connectivity index (χ3n) is 5.91. The van der Waals surface area contributed by atoms with Crippen molar-refractivity contribution < 1.29 is 19.1 Å². The summed E-state index contributed by atoms with van der Waals surface area (Å²) in [7, 11) is 1.55. The van der Waals surface area contributed by atoms with E-state index in [2.05, 4.69) is 22.5 Å². The van der Waals surface area contributed by atoms with Crippen LogP contribution < -0.4 is 4.74 Å². The number of hydrogen-bond donors (Lipinski definition) is 0. The molecular formula is C25H31N3O4S. The van der Waals surface area contributed by atoms with E-state index in [-0.39, 0.29) is 11.9 Å². The van der Waals surface area contributed by atoms with Gasteiger partial charge in [0, 0.05) is 48.5 Å². The molecule has 0 radical (unpaired) electrons. The van der Waals surface area contributed by atoms with E-state index in [1.54, 1.807) is 25.4 Å². The molecule has 4 heterocycles. The van der Waals surface area contributed by atoms with E-state index in [1.807, 2.05) is 31.7 Å². The molecule has 1 fully saturated rings. The van der Waals surface area contributed by atoms with Gasteiger partial charge in [-0.1, -0.05) is 0 Å². The van der Waals surface area contributed by atoms with Crippen molar-refractivity contribution in [3.05, 3.63) is 46.6 Å². The van der Waals surface area contributed by atoms with E-state index in [0.717, 1.165) is 29.6 Å². The first-order valence-corrected chi connectivity index (χ1v) is 12.1. The topological polar surface area (TPSA) is 73.7 Å². The first kappa shape index (κ1) is 23.3. The summed E-state index contributed by atoms with van der Waals surface area (Å²) in [4.78, 5) is 33.1. The number of ketones is 1. The number of piperidine rings is 1. The van der Waals surface area contributed by atoms with Crippen LogP contribution in [0.1, 0.15) is 54.5 Å². The summed E-state index contributed by atoms with van der Waals surface area (Å²) in [5.74, 6) is 0.939. The van der Waals surface area contributed by atoms with Crippen LogP contribution in [-0.4, -0.2) is 52.1 Å². The summed E-state index contributed by atoms with van der Waals surface area (Å²) in [5.41, 5.74) is 1.27. The number of carbonyl (C=O) groups excluding carboxylic acids is 2. The number of rotatable bonds is 5. The van der Waals surface area contributed by atoms with Crippen molar-refractivity contribution in [3.8, 4) is 5.88 Å².